The van der Waals surface area contributed by atoms with Gasteiger partial charge in [0.05, 0.1) is 12.1 Å². The minimum atomic E-state index is -0.604. The van der Waals surface area contributed by atoms with Gasteiger partial charge in [0, 0.05) is 23.9 Å². The lowest BCUT2D eigenvalue weighted by Gasteiger charge is -2.14. The topological polar surface area (TPSA) is 88.4 Å². The number of nitrogens with one attached hydrogen (secondary N) is 1. The molecule has 1 N–H and O–H groups in total. The zero-order chi connectivity index (χ0) is 19.7. The summed E-state index contributed by atoms with van der Waals surface area (Å²) in [5, 5.41) is 4.02. The molecule has 144 valence electrons. The van der Waals surface area contributed by atoms with Crippen molar-refractivity contribution in [1.82, 2.24) is 15.0 Å². The molecule has 0 spiro atoms. The molecule has 8 heteroatoms. The maximum atomic E-state index is 13.1. The molecule has 28 heavy (non-hydrogen) atoms. The molecule has 1 atom stereocenters. The Balaban J connectivity index is 1.59. The van der Waals surface area contributed by atoms with E-state index < -0.39 is 6.10 Å². The smallest absolute Gasteiger partial charge is 0.270 e. The predicted octanol–water partition coefficient (Wildman–Crippen LogP) is 3.32. The Morgan fingerprint density at radius 1 is 1.32 bits per heavy atom. The number of aryl methyl sites for hydroxylation is 1. The number of hydrogen-bond acceptors (Lipinski definition) is 5. The normalized spacial score (nSPS) is 16.5. The van der Waals surface area contributed by atoms with Crippen LogP contribution in [0.1, 0.15) is 38.6 Å². The summed E-state index contributed by atoms with van der Waals surface area (Å²) in [4.78, 5) is 33.8. The van der Waals surface area contributed by atoms with Crippen molar-refractivity contribution in [3.63, 3.8) is 0 Å². The molecule has 4 rings (SSSR count). The van der Waals surface area contributed by atoms with Crippen molar-refractivity contribution in [2.45, 2.75) is 19.4 Å². The molecule has 0 aliphatic carbocycles. The maximum absolute atomic E-state index is 13.1. The van der Waals surface area contributed by atoms with Crippen molar-refractivity contribution < 1.29 is 23.6 Å². The lowest BCUT2D eigenvalue weighted by Crippen LogP contribution is -2.29. The first-order chi connectivity index (χ1) is 13.6. The van der Waals surface area contributed by atoms with Gasteiger partial charge in [0.25, 0.3) is 5.91 Å². The summed E-state index contributed by atoms with van der Waals surface area (Å²) in [6.45, 7) is 2.26. The molecule has 3 heterocycles. The van der Waals surface area contributed by atoms with E-state index in [2.05, 4.69) is 15.1 Å². The summed E-state index contributed by atoms with van der Waals surface area (Å²) < 4.78 is 17.6. The summed E-state index contributed by atoms with van der Waals surface area (Å²) in [5.74, 6) is -0.191. The number of aromatic nitrogens is 2. The van der Waals surface area contributed by atoms with Gasteiger partial charge in [-0.25, -0.2) is 0 Å². The Bertz CT molecular complexity index is 1010. The van der Waals surface area contributed by atoms with E-state index in [9.17, 15) is 14.1 Å². The molecule has 3 aromatic rings. The fourth-order valence-corrected chi connectivity index (χ4v) is 3.38. The lowest BCUT2D eigenvalue weighted by molar-refractivity contribution is -0.172. The van der Waals surface area contributed by atoms with E-state index in [0.717, 1.165) is 5.56 Å². The molecule has 7 nitrogen and oxygen atoms in total. The molecule has 1 amide bonds. The molecular weight excluding hydrogens is 365 g/mol. The van der Waals surface area contributed by atoms with Crippen molar-refractivity contribution in [3.8, 4) is 11.3 Å². The third-order valence-electron chi connectivity index (χ3n) is 4.87. The van der Waals surface area contributed by atoms with Gasteiger partial charge in [-0.05, 0) is 23.9 Å². The van der Waals surface area contributed by atoms with Gasteiger partial charge in [0.15, 0.2) is 5.78 Å². The third kappa shape index (κ3) is 3.22. The van der Waals surface area contributed by atoms with E-state index in [0.29, 0.717) is 35.5 Å². The first kappa shape index (κ1) is 18.1. The van der Waals surface area contributed by atoms with Gasteiger partial charge in [0.1, 0.15) is 23.3 Å². The van der Waals surface area contributed by atoms with Crippen LogP contribution < -0.4 is 0 Å². The SMILES string of the molecule is Cc1onc(-c2ccccc2)c1C(=O)c1c[nH]c(C(=O)N2CCC(OF)C2)c1. The Kier molecular flexibility index (Phi) is 4.79. The van der Waals surface area contributed by atoms with Crippen LogP contribution in [0.5, 0.6) is 0 Å². The molecule has 0 bridgehead atoms. The quantitative estimate of drug-likeness (QED) is 0.683. The lowest BCUT2D eigenvalue weighted by atomic mass is 9.99. The average molecular weight is 383 g/mol. The number of benzene rings is 1. The minimum absolute atomic E-state index is 0.181. The van der Waals surface area contributed by atoms with E-state index in [1.54, 1.807) is 6.92 Å². The van der Waals surface area contributed by atoms with Crippen LogP contribution in [0.15, 0.2) is 47.1 Å². The number of halogens is 1. The Morgan fingerprint density at radius 3 is 2.82 bits per heavy atom. The molecule has 1 aromatic carbocycles. The molecule has 2 aromatic heterocycles. The summed E-state index contributed by atoms with van der Waals surface area (Å²) in [6, 6.07) is 10.8. The van der Waals surface area contributed by atoms with Crippen molar-refractivity contribution in [2.75, 3.05) is 13.1 Å². The van der Waals surface area contributed by atoms with E-state index in [4.69, 9.17) is 4.52 Å². The summed E-state index contributed by atoms with van der Waals surface area (Å²) in [7, 11) is 0. The first-order valence-corrected chi connectivity index (χ1v) is 8.90. The number of aromatic amines is 1. The van der Waals surface area contributed by atoms with Crippen molar-refractivity contribution in [1.29, 1.82) is 0 Å². The van der Waals surface area contributed by atoms with E-state index >= 15 is 0 Å². The standard InChI is InChI=1S/C20H18FN3O4/c1-12-17(18(23-28-12)13-5-3-2-4-6-13)19(25)14-9-16(22-10-14)20(26)24-8-7-15(11-24)27-21/h2-6,9-10,15,22H,7-8,11H2,1H3. The number of ketones is 1. The fourth-order valence-electron chi connectivity index (χ4n) is 3.38. The van der Waals surface area contributed by atoms with Crippen molar-refractivity contribution >= 4 is 11.7 Å². The van der Waals surface area contributed by atoms with Gasteiger partial charge in [-0.15, -0.1) is 0 Å². The van der Waals surface area contributed by atoms with Crippen LogP contribution in [0.3, 0.4) is 0 Å². The second kappa shape index (κ2) is 7.40. The number of carbonyl (C=O) groups is 2. The second-order valence-electron chi connectivity index (χ2n) is 6.71. The highest BCUT2D eigenvalue weighted by Crippen LogP contribution is 2.27. The summed E-state index contributed by atoms with van der Waals surface area (Å²) >= 11 is 0. The van der Waals surface area contributed by atoms with Crippen LogP contribution in [-0.4, -0.2) is 45.9 Å². The van der Waals surface area contributed by atoms with Gasteiger partial charge in [-0.3, -0.25) is 9.59 Å². The number of amides is 1. The number of rotatable bonds is 5. The molecule has 1 aliphatic rings. The zero-order valence-electron chi connectivity index (χ0n) is 15.1. The largest absolute Gasteiger partial charge is 0.360 e. The Hall–Kier alpha value is -3.26. The molecule has 1 fully saturated rings. The van der Waals surface area contributed by atoms with Crippen LogP contribution in [0.2, 0.25) is 0 Å². The Morgan fingerprint density at radius 2 is 2.11 bits per heavy atom. The predicted molar refractivity (Wildman–Crippen MR) is 97.4 cm³/mol. The van der Waals surface area contributed by atoms with Gasteiger partial charge in [-0.2, -0.15) is 4.94 Å². The molecule has 1 saturated heterocycles. The van der Waals surface area contributed by atoms with E-state index in [1.165, 1.54) is 17.2 Å². The van der Waals surface area contributed by atoms with Crippen LogP contribution in [0, 0.1) is 6.92 Å². The van der Waals surface area contributed by atoms with Gasteiger partial charge < -0.3 is 14.4 Å². The number of likely N-dealkylation sites (tertiary alicyclic amines) is 1. The number of H-pyrrole nitrogens is 1. The second-order valence-corrected chi connectivity index (χ2v) is 6.71. The Labute approximate surface area is 160 Å². The maximum Gasteiger partial charge on any atom is 0.270 e. The van der Waals surface area contributed by atoms with Crippen molar-refractivity contribution in [2.24, 2.45) is 0 Å². The zero-order valence-corrected chi connectivity index (χ0v) is 15.1. The first-order valence-electron chi connectivity index (χ1n) is 8.90. The van der Waals surface area contributed by atoms with E-state index in [-0.39, 0.29) is 23.9 Å². The molecular formula is C20H18FN3O4. The summed E-state index contributed by atoms with van der Waals surface area (Å²) in [5.41, 5.74) is 2.17. The van der Waals surface area contributed by atoms with E-state index in [1.807, 2.05) is 30.3 Å². The van der Waals surface area contributed by atoms with Crippen LogP contribution >= 0.6 is 0 Å². The molecule has 1 aliphatic heterocycles. The number of hydrogen-bond donors (Lipinski definition) is 1. The highest BCUT2D eigenvalue weighted by Gasteiger charge is 2.30. The van der Waals surface area contributed by atoms with Gasteiger partial charge in [0.2, 0.25) is 0 Å². The van der Waals surface area contributed by atoms with Crippen molar-refractivity contribution in [3.05, 3.63) is 65.2 Å². The minimum Gasteiger partial charge on any atom is -0.360 e. The van der Waals surface area contributed by atoms with Crippen LogP contribution in [-0.2, 0) is 4.94 Å². The number of nitrogens with zero attached hydrogens (tertiary/aromatic N) is 2. The van der Waals surface area contributed by atoms with Gasteiger partial charge >= 0.3 is 0 Å². The average Bonchev–Trinajstić information content (AvgIpc) is 3.47. The monoisotopic (exact) mass is 383 g/mol. The third-order valence-corrected chi connectivity index (χ3v) is 4.87. The molecule has 1 unspecified atom stereocenters. The van der Waals surface area contributed by atoms with Crippen LogP contribution in [0.25, 0.3) is 11.3 Å². The summed E-state index contributed by atoms with van der Waals surface area (Å²) in [6.07, 6.45) is 1.32. The van der Waals surface area contributed by atoms with Crippen LogP contribution in [0.4, 0.5) is 4.53 Å². The highest BCUT2D eigenvalue weighted by atomic mass is 19.3. The fraction of sp³-hybridized carbons (Fsp3) is 0.250. The number of carbonyl (C=O) groups excluding carboxylic acids is 2. The highest BCUT2D eigenvalue weighted by molar-refractivity contribution is 6.13. The molecule has 0 radical (unpaired) electrons. The molecule has 0 saturated carbocycles. The van der Waals surface area contributed by atoms with Gasteiger partial charge in [-0.1, -0.05) is 35.5 Å².